The average molecular weight is 253 g/mol. The summed E-state index contributed by atoms with van der Waals surface area (Å²) in [4.78, 5) is 0. The molecule has 92 valence electrons. The van der Waals surface area contributed by atoms with E-state index in [9.17, 15) is 8.76 Å². The Labute approximate surface area is 103 Å². The second-order valence-electron chi connectivity index (χ2n) is 3.37. The third-order valence-corrected chi connectivity index (χ3v) is 2.94. The van der Waals surface area contributed by atoms with E-state index in [-0.39, 0.29) is 13.2 Å². The van der Waals surface area contributed by atoms with Gasteiger partial charge in [-0.15, -0.1) is 0 Å². The van der Waals surface area contributed by atoms with Gasteiger partial charge in [0.2, 0.25) is 0 Å². The molecule has 0 aromatic heterocycles. The standard InChI is InChI=1S/C12H15NO3S/c1-3-5-11-7-10(9-14)8-13(17(15)16)12(11)6-4-2/h3-7,14H,1-2,8-9H2,(H,15,16)/b11-5-,12-6+. The van der Waals surface area contributed by atoms with E-state index in [4.69, 9.17) is 5.11 Å². The Kier molecular flexibility index (Phi) is 5.09. The molecule has 17 heavy (non-hydrogen) atoms. The zero-order valence-corrected chi connectivity index (χ0v) is 10.2. The number of nitrogens with zero attached hydrogens (tertiary/aromatic N) is 1. The van der Waals surface area contributed by atoms with Crippen LogP contribution < -0.4 is 0 Å². The predicted octanol–water partition coefficient (Wildman–Crippen LogP) is 1.54. The molecule has 1 heterocycles. The first kappa shape index (κ1) is 13.6. The molecule has 4 nitrogen and oxygen atoms in total. The molecule has 0 amide bonds. The lowest BCUT2D eigenvalue weighted by atomic mass is 10.0. The van der Waals surface area contributed by atoms with Gasteiger partial charge in [-0.3, -0.25) is 8.86 Å². The van der Waals surface area contributed by atoms with Crippen molar-refractivity contribution in [2.24, 2.45) is 0 Å². The zero-order valence-electron chi connectivity index (χ0n) is 9.37. The first-order chi connectivity index (χ1) is 8.13. The minimum Gasteiger partial charge on any atom is -0.392 e. The maximum absolute atomic E-state index is 11.3. The fourth-order valence-electron chi connectivity index (χ4n) is 1.54. The van der Waals surface area contributed by atoms with Crippen LogP contribution in [0.4, 0.5) is 0 Å². The largest absolute Gasteiger partial charge is 0.392 e. The van der Waals surface area contributed by atoms with Crippen LogP contribution in [0.3, 0.4) is 0 Å². The SMILES string of the molecule is C=C/C=C1/C=C(CO)CN(S(=O)O)/C1=C/C=C. The summed E-state index contributed by atoms with van der Waals surface area (Å²) in [6.07, 6.45) is 8.27. The zero-order chi connectivity index (χ0) is 12.8. The molecule has 5 heteroatoms. The molecule has 0 saturated heterocycles. The van der Waals surface area contributed by atoms with Gasteiger partial charge in [-0.1, -0.05) is 31.4 Å². The highest BCUT2D eigenvalue weighted by Gasteiger charge is 2.23. The lowest BCUT2D eigenvalue weighted by molar-refractivity contribution is 0.319. The van der Waals surface area contributed by atoms with Gasteiger partial charge >= 0.3 is 0 Å². The van der Waals surface area contributed by atoms with E-state index in [1.54, 1.807) is 30.4 Å². The number of rotatable bonds is 4. The first-order valence-electron chi connectivity index (χ1n) is 4.98. The van der Waals surface area contributed by atoms with Crippen LogP contribution in [-0.2, 0) is 11.3 Å². The number of hydrogen-bond donors (Lipinski definition) is 2. The summed E-state index contributed by atoms with van der Waals surface area (Å²) in [5, 5.41) is 9.12. The Balaban J connectivity index is 3.28. The van der Waals surface area contributed by atoms with E-state index in [0.717, 1.165) is 5.57 Å². The molecule has 2 N–H and O–H groups in total. The molecule has 1 rings (SSSR count). The number of hydrogen-bond acceptors (Lipinski definition) is 2. The lowest BCUT2D eigenvalue weighted by Crippen LogP contribution is -2.31. The van der Waals surface area contributed by atoms with Gasteiger partial charge < -0.3 is 5.11 Å². The molecule has 1 aliphatic heterocycles. The molecular formula is C12H15NO3S. The molecular weight excluding hydrogens is 238 g/mol. The van der Waals surface area contributed by atoms with Crippen molar-refractivity contribution in [2.45, 2.75) is 0 Å². The molecule has 1 aliphatic rings. The fourth-order valence-corrected chi connectivity index (χ4v) is 2.15. The summed E-state index contributed by atoms with van der Waals surface area (Å²) < 4.78 is 21.8. The van der Waals surface area contributed by atoms with Crippen LogP contribution in [0.25, 0.3) is 0 Å². The van der Waals surface area contributed by atoms with Gasteiger partial charge in [0, 0.05) is 0 Å². The fraction of sp³-hybridized carbons (Fsp3) is 0.167. The van der Waals surface area contributed by atoms with Gasteiger partial charge in [-0.25, -0.2) is 4.21 Å². The number of aliphatic hydroxyl groups is 1. The molecule has 0 fully saturated rings. The van der Waals surface area contributed by atoms with Gasteiger partial charge in [-0.2, -0.15) is 0 Å². The Morgan fingerprint density at radius 1 is 1.41 bits per heavy atom. The second kappa shape index (κ2) is 6.34. The maximum Gasteiger partial charge on any atom is 0.262 e. The minimum absolute atomic E-state index is 0.149. The van der Waals surface area contributed by atoms with Crippen LogP contribution in [0.2, 0.25) is 0 Å². The molecule has 0 aromatic carbocycles. The highest BCUT2D eigenvalue weighted by atomic mass is 32.2. The summed E-state index contributed by atoms with van der Waals surface area (Å²) >= 11 is -2.14. The van der Waals surface area contributed by atoms with Crippen molar-refractivity contribution in [3.05, 3.63) is 60.4 Å². The Bertz CT molecular complexity index is 435. The molecule has 0 radical (unpaired) electrons. The predicted molar refractivity (Wildman–Crippen MR) is 69.2 cm³/mol. The molecule has 0 spiro atoms. The van der Waals surface area contributed by atoms with E-state index in [0.29, 0.717) is 11.3 Å². The van der Waals surface area contributed by atoms with Crippen molar-refractivity contribution in [1.82, 2.24) is 4.31 Å². The summed E-state index contributed by atoms with van der Waals surface area (Å²) in [6, 6.07) is 0. The van der Waals surface area contributed by atoms with E-state index in [1.165, 1.54) is 4.31 Å². The molecule has 1 atom stereocenters. The van der Waals surface area contributed by atoms with Crippen LogP contribution in [0.5, 0.6) is 0 Å². The first-order valence-corrected chi connectivity index (χ1v) is 6.05. The highest BCUT2D eigenvalue weighted by Crippen LogP contribution is 2.26. The quantitative estimate of drug-likeness (QED) is 0.747. The summed E-state index contributed by atoms with van der Waals surface area (Å²) in [6.45, 7) is 7.23. The van der Waals surface area contributed by atoms with Crippen LogP contribution >= 0.6 is 0 Å². The Hall–Kier alpha value is -1.43. The van der Waals surface area contributed by atoms with Gasteiger partial charge in [-0.05, 0) is 23.3 Å². The lowest BCUT2D eigenvalue weighted by Gasteiger charge is -2.29. The van der Waals surface area contributed by atoms with E-state index in [1.807, 2.05) is 0 Å². The van der Waals surface area contributed by atoms with E-state index in [2.05, 4.69) is 13.2 Å². The number of aliphatic hydroxyl groups excluding tert-OH is 1. The molecule has 0 bridgehead atoms. The monoisotopic (exact) mass is 253 g/mol. The molecule has 0 aliphatic carbocycles. The van der Waals surface area contributed by atoms with Crippen molar-refractivity contribution < 1.29 is 13.9 Å². The van der Waals surface area contributed by atoms with Crippen molar-refractivity contribution in [2.75, 3.05) is 13.2 Å². The van der Waals surface area contributed by atoms with Gasteiger partial charge in [0.25, 0.3) is 11.3 Å². The molecule has 0 saturated carbocycles. The number of allylic oxidation sites excluding steroid dienone is 5. The summed E-state index contributed by atoms with van der Waals surface area (Å²) in [5.41, 5.74) is 1.97. The smallest absolute Gasteiger partial charge is 0.262 e. The van der Waals surface area contributed by atoms with Crippen LogP contribution in [0, 0.1) is 0 Å². The van der Waals surface area contributed by atoms with Crippen molar-refractivity contribution >= 4 is 11.3 Å². The molecule has 0 aromatic rings. The normalized spacial score (nSPS) is 22.5. The highest BCUT2D eigenvalue weighted by molar-refractivity contribution is 7.76. The van der Waals surface area contributed by atoms with Crippen LogP contribution in [0.15, 0.2) is 60.4 Å². The topological polar surface area (TPSA) is 60.8 Å². The Morgan fingerprint density at radius 2 is 2.06 bits per heavy atom. The van der Waals surface area contributed by atoms with Crippen LogP contribution in [-0.4, -0.2) is 31.3 Å². The third-order valence-electron chi connectivity index (χ3n) is 2.24. The Morgan fingerprint density at radius 3 is 2.53 bits per heavy atom. The third kappa shape index (κ3) is 3.26. The summed E-state index contributed by atoms with van der Waals surface area (Å²) in [7, 11) is 0. The van der Waals surface area contributed by atoms with Crippen molar-refractivity contribution in [3.8, 4) is 0 Å². The summed E-state index contributed by atoms with van der Waals surface area (Å²) in [5.74, 6) is 0. The van der Waals surface area contributed by atoms with Crippen molar-refractivity contribution in [1.29, 1.82) is 0 Å². The van der Waals surface area contributed by atoms with E-state index < -0.39 is 11.3 Å². The average Bonchev–Trinajstić information content (AvgIpc) is 2.31. The minimum atomic E-state index is -2.14. The second-order valence-corrected chi connectivity index (χ2v) is 4.28. The van der Waals surface area contributed by atoms with Crippen LogP contribution in [0.1, 0.15) is 0 Å². The van der Waals surface area contributed by atoms with Gasteiger partial charge in [0.15, 0.2) is 0 Å². The van der Waals surface area contributed by atoms with Crippen molar-refractivity contribution in [3.63, 3.8) is 0 Å². The maximum atomic E-state index is 11.3. The van der Waals surface area contributed by atoms with Gasteiger partial charge in [0.1, 0.15) is 0 Å². The van der Waals surface area contributed by atoms with Gasteiger partial charge in [0.05, 0.1) is 18.8 Å². The van der Waals surface area contributed by atoms with E-state index >= 15 is 0 Å². The molecule has 1 unspecified atom stereocenters.